The van der Waals surface area contributed by atoms with Crippen molar-refractivity contribution < 1.29 is 18.0 Å². The number of alkyl halides is 3. The molecule has 0 atom stereocenters. The fourth-order valence-electron chi connectivity index (χ4n) is 4.05. The number of aryl methyl sites for hydroxylation is 1. The third-order valence-electron chi connectivity index (χ3n) is 5.78. The van der Waals surface area contributed by atoms with Gasteiger partial charge in [0.2, 0.25) is 0 Å². The molecule has 6 nitrogen and oxygen atoms in total. The van der Waals surface area contributed by atoms with Crippen molar-refractivity contribution in [3.05, 3.63) is 42.4 Å². The number of carbonyl (C=O) groups is 1. The summed E-state index contributed by atoms with van der Waals surface area (Å²) in [6.07, 6.45) is 3.05. The van der Waals surface area contributed by atoms with Crippen molar-refractivity contribution in [2.45, 2.75) is 37.8 Å². The van der Waals surface area contributed by atoms with Gasteiger partial charge in [-0.05, 0) is 17.5 Å². The zero-order valence-corrected chi connectivity index (χ0v) is 17.5. The number of rotatable bonds is 6. The van der Waals surface area contributed by atoms with E-state index in [2.05, 4.69) is 15.3 Å². The number of halogens is 3. The predicted molar refractivity (Wildman–Crippen MR) is 111 cm³/mol. The van der Waals surface area contributed by atoms with E-state index < -0.39 is 23.9 Å². The van der Waals surface area contributed by atoms with Gasteiger partial charge in [0.25, 0.3) is 5.92 Å². The van der Waals surface area contributed by atoms with E-state index in [9.17, 15) is 13.6 Å². The minimum atomic E-state index is -2.83. The molecule has 1 aromatic carbocycles. The Morgan fingerprint density at radius 3 is 2.55 bits per heavy atom. The Morgan fingerprint density at radius 2 is 1.90 bits per heavy atom. The summed E-state index contributed by atoms with van der Waals surface area (Å²) in [7, 11) is 1.80. The maximum absolute atomic E-state index is 15.3. The Bertz CT molecular complexity index is 1100. The highest BCUT2D eigenvalue weighted by Crippen LogP contribution is 2.31. The normalized spacial score (nSPS) is 17.2. The van der Waals surface area contributed by atoms with E-state index in [1.54, 1.807) is 30.2 Å². The van der Waals surface area contributed by atoms with Gasteiger partial charge in [-0.2, -0.15) is 0 Å². The first-order chi connectivity index (χ1) is 14.6. The number of aromatic nitrogens is 4. The first-order valence-corrected chi connectivity index (χ1v) is 10.2. The number of benzene rings is 1. The van der Waals surface area contributed by atoms with Gasteiger partial charge in [0.05, 0.1) is 24.9 Å². The van der Waals surface area contributed by atoms with Gasteiger partial charge < -0.3 is 0 Å². The van der Waals surface area contributed by atoms with E-state index in [0.717, 1.165) is 29.0 Å². The van der Waals surface area contributed by atoms with Gasteiger partial charge in [-0.15, -0.1) is 5.10 Å². The van der Waals surface area contributed by atoms with Gasteiger partial charge in [0.1, 0.15) is 0 Å². The fourth-order valence-corrected chi connectivity index (χ4v) is 4.05. The lowest BCUT2D eigenvalue weighted by molar-refractivity contribution is -0.133. The maximum Gasteiger partial charge on any atom is 0.257 e. The molecule has 0 unspecified atom stereocenters. The minimum Gasteiger partial charge on any atom is -0.297 e. The Hall–Kier alpha value is -2.81. The number of fused-ring (bicyclic) bond motifs is 1. The number of likely N-dealkylation sites (tertiary alicyclic amines) is 1. The molecule has 1 saturated heterocycles. The third-order valence-corrected chi connectivity index (χ3v) is 5.78. The van der Waals surface area contributed by atoms with E-state index in [-0.39, 0.29) is 32.4 Å². The SMILES string of the molecule is Cn1nncc1-c1ccc2cnc(CC(=O)C3(F)CCN(CC(C)(F)F)CC3)cc2c1. The molecule has 2 aromatic heterocycles. The van der Waals surface area contributed by atoms with Crippen LogP contribution < -0.4 is 0 Å². The van der Waals surface area contributed by atoms with Crippen LogP contribution >= 0.6 is 0 Å². The monoisotopic (exact) mass is 431 g/mol. The van der Waals surface area contributed by atoms with Crippen molar-refractivity contribution in [1.29, 1.82) is 0 Å². The lowest BCUT2D eigenvalue weighted by atomic mass is 9.86. The molecule has 4 rings (SSSR count). The quantitative estimate of drug-likeness (QED) is 0.597. The second-order valence-corrected chi connectivity index (χ2v) is 8.39. The van der Waals surface area contributed by atoms with Crippen molar-refractivity contribution in [3.8, 4) is 11.3 Å². The molecule has 1 aliphatic rings. The standard InChI is InChI=1S/C22H24F3N5O/c1-21(23,24)14-30-7-5-22(25,6-8-30)20(31)11-18-10-17-9-15(3-4-16(17)12-26-18)19-13-27-28-29(19)2/h3-4,9-10,12-13H,5-8,11,14H2,1-2H3. The second kappa shape index (κ2) is 8.03. The summed E-state index contributed by atoms with van der Waals surface area (Å²) in [5, 5.41) is 9.61. The number of pyridine rings is 1. The summed E-state index contributed by atoms with van der Waals surface area (Å²) in [6.45, 7) is 0.701. The van der Waals surface area contributed by atoms with Crippen LogP contribution in [0.5, 0.6) is 0 Å². The first kappa shape index (κ1) is 21.4. The Labute approximate surface area is 178 Å². The number of nitrogens with zero attached hydrogens (tertiary/aromatic N) is 5. The van der Waals surface area contributed by atoms with Crippen molar-refractivity contribution >= 4 is 16.6 Å². The molecule has 0 spiro atoms. The highest BCUT2D eigenvalue weighted by atomic mass is 19.3. The van der Waals surface area contributed by atoms with E-state index >= 15 is 4.39 Å². The maximum atomic E-state index is 15.3. The molecular weight excluding hydrogens is 407 g/mol. The topological polar surface area (TPSA) is 63.9 Å². The molecule has 31 heavy (non-hydrogen) atoms. The fraction of sp³-hybridized carbons (Fsp3) is 0.455. The first-order valence-electron chi connectivity index (χ1n) is 10.2. The van der Waals surface area contributed by atoms with Gasteiger partial charge in [-0.3, -0.25) is 14.7 Å². The average Bonchev–Trinajstić information content (AvgIpc) is 3.14. The highest BCUT2D eigenvalue weighted by molar-refractivity contribution is 5.91. The summed E-state index contributed by atoms with van der Waals surface area (Å²) in [6, 6.07) is 7.61. The number of Topliss-reactive ketones (excluding diaryl/α,β-unsaturated/α-hetero) is 1. The van der Waals surface area contributed by atoms with Crippen molar-refractivity contribution in [3.63, 3.8) is 0 Å². The van der Waals surface area contributed by atoms with E-state index in [4.69, 9.17) is 0 Å². The van der Waals surface area contributed by atoms with Gasteiger partial charge in [0, 0.05) is 62.7 Å². The molecule has 0 bridgehead atoms. The highest BCUT2D eigenvalue weighted by Gasteiger charge is 2.42. The molecule has 0 N–H and O–H groups in total. The summed E-state index contributed by atoms with van der Waals surface area (Å²) in [5.41, 5.74) is 0.254. The van der Waals surface area contributed by atoms with Crippen LogP contribution in [0.15, 0.2) is 36.7 Å². The molecule has 0 aliphatic carbocycles. The van der Waals surface area contributed by atoms with Gasteiger partial charge in [-0.25, -0.2) is 17.9 Å². The van der Waals surface area contributed by atoms with Crippen LogP contribution in [0.4, 0.5) is 13.2 Å². The zero-order valence-electron chi connectivity index (χ0n) is 17.5. The number of ketones is 1. The lowest BCUT2D eigenvalue weighted by Crippen LogP contribution is -2.49. The smallest absolute Gasteiger partial charge is 0.257 e. The van der Waals surface area contributed by atoms with E-state index in [1.165, 1.54) is 4.90 Å². The summed E-state index contributed by atoms with van der Waals surface area (Å²) < 4.78 is 43.3. The average molecular weight is 431 g/mol. The number of carbonyl (C=O) groups excluding carboxylic acids is 1. The molecule has 164 valence electrons. The van der Waals surface area contributed by atoms with Crippen LogP contribution in [-0.2, 0) is 18.3 Å². The van der Waals surface area contributed by atoms with Crippen LogP contribution in [-0.4, -0.2) is 61.9 Å². The van der Waals surface area contributed by atoms with Crippen LogP contribution in [0.3, 0.4) is 0 Å². The molecule has 9 heteroatoms. The number of hydrogen-bond acceptors (Lipinski definition) is 5. The predicted octanol–water partition coefficient (Wildman–Crippen LogP) is 3.60. The molecular formula is C22H24F3N5O. The minimum absolute atomic E-state index is 0.0763. The molecule has 0 saturated carbocycles. The van der Waals surface area contributed by atoms with Gasteiger partial charge in [0.15, 0.2) is 11.5 Å². The van der Waals surface area contributed by atoms with Crippen LogP contribution in [0, 0.1) is 0 Å². The van der Waals surface area contributed by atoms with Gasteiger partial charge >= 0.3 is 0 Å². The molecule has 1 fully saturated rings. The van der Waals surface area contributed by atoms with Crippen LogP contribution in [0.25, 0.3) is 22.0 Å². The van der Waals surface area contributed by atoms with Crippen molar-refractivity contribution in [2.75, 3.05) is 19.6 Å². The third kappa shape index (κ3) is 4.76. The van der Waals surface area contributed by atoms with E-state index in [1.807, 2.05) is 18.2 Å². The van der Waals surface area contributed by atoms with E-state index in [0.29, 0.717) is 5.69 Å². The largest absolute Gasteiger partial charge is 0.297 e. The summed E-state index contributed by atoms with van der Waals surface area (Å²) in [4.78, 5) is 18.5. The molecule has 3 heterocycles. The lowest BCUT2D eigenvalue weighted by Gasteiger charge is -2.36. The summed E-state index contributed by atoms with van der Waals surface area (Å²) >= 11 is 0. The Kier molecular flexibility index (Phi) is 5.55. The number of piperidine rings is 1. The zero-order chi connectivity index (χ0) is 22.2. The Morgan fingerprint density at radius 1 is 1.16 bits per heavy atom. The molecule has 3 aromatic rings. The molecule has 1 aliphatic heterocycles. The van der Waals surface area contributed by atoms with Gasteiger partial charge in [-0.1, -0.05) is 17.3 Å². The Balaban J connectivity index is 1.48. The van der Waals surface area contributed by atoms with Crippen LogP contribution in [0.2, 0.25) is 0 Å². The van der Waals surface area contributed by atoms with Crippen LogP contribution in [0.1, 0.15) is 25.5 Å². The second-order valence-electron chi connectivity index (χ2n) is 8.39. The molecule has 0 radical (unpaired) electrons. The number of hydrogen-bond donors (Lipinski definition) is 0. The molecule has 0 amide bonds. The van der Waals surface area contributed by atoms with Crippen molar-refractivity contribution in [1.82, 2.24) is 24.9 Å². The van der Waals surface area contributed by atoms with Crippen molar-refractivity contribution in [2.24, 2.45) is 7.05 Å². The summed E-state index contributed by atoms with van der Waals surface area (Å²) in [5.74, 6) is -3.38.